The first kappa shape index (κ1) is 14.1. The third kappa shape index (κ3) is 3.80. The molecule has 1 saturated heterocycles. The van der Waals surface area contributed by atoms with Gasteiger partial charge in [0.05, 0.1) is 25.6 Å². The fourth-order valence-corrected chi connectivity index (χ4v) is 2.90. The van der Waals surface area contributed by atoms with Crippen LogP contribution in [0.4, 0.5) is 0 Å². The number of nitrogens with zero attached hydrogens (tertiary/aromatic N) is 1. The molecular weight excluding hydrogens is 260 g/mol. The first-order valence-corrected chi connectivity index (χ1v) is 7.17. The Morgan fingerprint density at radius 2 is 2.53 bits per heavy atom. The van der Waals surface area contributed by atoms with Gasteiger partial charge in [-0.3, -0.25) is 4.79 Å². The minimum absolute atomic E-state index is 0.0291. The van der Waals surface area contributed by atoms with E-state index in [-0.39, 0.29) is 11.8 Å². The fraction of sp³-hybridized carbons (Fsp3) is 0.500. The average molecular weight is 278 g/mol. The lowest BCUT2D eigenvalue weighted by Gasteiger charge is -2.19. The van der Waals surface area contributed by atoms with E-state index in [2.05, 4.69) is 11.8 Å². The van der Waals surface area contributed by atoms with Crippen LogP contribution < -0.4 is 5.73 Å². The number of carbonyl (C=O) groups excluding carboxylic acids is 1. The smallest absolute Gasteiger partial charge is 0.228 e. The first-order valence-electron chi connectivity index (χ1n) is 6.29. The Hall–Kier alpha value is -1.35. The normalized spacial score (nSPS) is 17.9. The van der Waals surface area contributed by atoms with E-state index in [0.29, 0.717) is 26.3 Å². The van der Waals surface area contributed by atoms with Gasteiger partial charge in [-0.1, -0.05) is 11.8 Å². The van der Waals surface area contributed by atoms with Crippen LogP contribution in [0.15, 0.2) is 11.4 Å². The summed E-state index contributed by atoms with van der Waals surface area (Å²) in [7, 11) is 1.84. The zero-order valence-corrected chi connectivity index (χ0v) is 11.8. The van der Waals surface area contributed by atoms with Crippen molar-refractivity contribution in [3.8, 4) is 11.8 Å². The van der Waals surface area contributed by atoms with E-state index < -0.39 is 0 Å². The number of ether oxygens (including phenoxy) is 1. The summed E-state index contributed by atoms with van der Waals surface area (Å²) in [6, 6.07) is 2.02. The van der Waals surface area contributed by atoms with Crippen molar-refractivity contribution in [2.75, 3.05) is 26.8 Å². The molecule has 1 atom stereocenters. The number of nitrogens with two attached hydrogens (primary N) is 1. The predicted octanol–water partition coefficient (Wildman–Crippen LogP) is 1.05. The SMILES string of the molecule is CN(Cc1cc(C#CCN)cs1)C(=O)C1CCOC1. The highest BCUT2D eigenvalue weighted by atomic mass is 32.1. The Balaban J connectivity index is 1.92. The lowest BCUT2D eigenvalue weighted by Crippen LogP contribution is -2.32. The molecule has 0 radical (unpaired) electrons. The van der Waals surface area contributed by atoms with Crippen molar-refractivity contribution in [3.63, 3.8) is 0 Å². The van der Waals surface area contributed by atoms with Gasteiger partial charge < -0.3 is 15.4 Å². The van der Waals surface area contributed by atoms with Gasteiger partial charge >= 0.3 is 0 Å². The first-order chi connectivity index (χ1) is 9.20. The van der Waals surface area contributed by atoms with Crippen LogP contribution in [0.3, 0.4) is 0 Å². The van der Waals surface area contributed by atoms with E-state index in [1.165, 1.54) is 0 Å². The van der Waals surface area contributed by atoms with Crippen molar-refractivity contribution in [3.05, 3.63) is 21.9 Å². The number of hydrogen-bond donors (Lipinski definition) is 1. The minimum Gasteiger partial charge on any atom is -0.381 e. The summed E-state index contributed by atoms with van der Waals surface area (Å²) in [4.78, 5) is 15.0. The van der Waals surface area contributed by atoms with Crippen LogP contribution in [-0.4, -0.2) is 37.6 Å². The highest BCUT2D eigenvalue weighted by molar-refractivity contribution is 7.10. The summed E-state index contributed by atoms with van der Waals surface area (Å²) in [5.41, 5.74) is 6.31. The Bertz CT molecular complexity index is 495. The summed E-state index contributed by atoms with van der Waals surface area (Å²) >= 11 is 1.62. The molecule has 102 valence electrons. The number of carbonyl (C=O) groups is 1. The summed E-state index contributed by atoms with van der Waals surface area (Å²) in [6.45, 7) is 2.25. The molecule has 0 spiro atoms. The van der Waals surface area contributed by atoms with Crippen molar-refractivity contribution >= 4 is 17.2 Å². The molecule has 1 aromatic heterocycles. The number of amides is 1. The van der Waals surface area contributed by atoms with Crippen LogP contribution >= 0.6 is 11.3 Å². The zero-order valence-electron chi connectivity index (χ0n) is 11.0. The summed E-state index contributed by atoms with van der Waals surface area (Å²) < 4.78 is 5.25. The maximum atomic E-state index is 12.1. The minimum atomic E-state index is 0.0291. The van der Waals surface area contributed by atoms with Crippen LogP contribution in [-0.2, 0) is 16.1 Å². The van der Waals surface area contributed by atoms with Crippen molar-refractivity contribution in [2.45, 2.75) is 13.0 Å². The number of rotatable bonds is 3. The van der Waals surface area contributed by atoms with E-state index in [1.54, 1.807) is 16.2 Å². The summed E-state index contributed by atoms with van der Waals surface area (Å²) in [6.07, 6.45) is 0.834. The second-order valence-electron chi connectivity index (χ2n) is 4.56. The topological polar surface area (TPSA) is 55.6 Å². The molecule has 19 heavy (non-hydrogen) atoms. The molecule has 1 unspecified atom stereocenters. The molecule has 1 fully saturated rings. The van der Waals surface area contributed by atoms with Crippen molar-refractivity contribution in [1.82, 2.24) is 4.90 Å². The summed E-state index contributed by atoms with van der Waals surface area (Å²) in [5, 5.41) is 2.00. The third-order valence-electron chi connectivity index (χ3n) is 3.04. The molecule has 5 heteroatoms. The molecule has 0 bridgehead atoms. The van der Waals surface area contributed by atoms with Crippen molar-refractivity contribution < 1.29 is 9.53 Å². The van der Waals surface area contributed by atoms with Gasteiger partial charge in [0.1, 0.15) is 0 Å². The lowest BCUT2D eigenvalue weighted by molar-refractivity contribution is -0.134. The van der Waals surface area contributed by atoms with Gasteiger partial charge in [-0.15, -0.1) is 11.3 Å². The second kappa shape index (κ2) is 6.71. The maximum Gasteiger partial charge on any atom is 0.228 e. The molecule has 1 aliphatic heterocycles. The number of thiophene rings is 1. The molecule has 0 saturated carbocycles. The molecule has 2 N–H and O–H groups in total. The van der Waals surface area contributed by atoms with Crippen molar-refractivity contribution in [1.29, 1.82) is 0 Å². The van der Waals surface area contributed by atoms with Crippen LogP contribution in [0.25, 0.3) is 0 Å². The largest absolute Gasteiger partial charge is 0.381 e. The molecule has 4 nitrogen and oxygen atoms in total. The van der Waals surface area contributed by atoms with Crippen molar-refractivity contribution in [2.24, 2.45) is 11.7 Å². The monoisotopic (exact) mass is 278 g/mol. The van der Waals surface area contributed by atoms with Gasteiger partial charge in [0.15, 0.2) is 0 Å². The standard InChI is InChI=1S/C14H18N2O2S/c1-16(14(17)12-4-6-18-9-12)8-13-7-11(10-19-13)3-2-5-15/h7,10,12H,4-6,8-9,15H2,1H3. The highest BCUT2D eigenvalue weighted by Gasteiger charge is 2.26. The van der Waals surface area contributed by atoms with E-state index in [4.69, 9.17) is 10.5 Å². The Morgan fingerprint density at radius 1 is 1.68 bits per heavy atom. The van der Waals surface area contributed by atoms with E-state index in [0.717, 1.165) is 16.9 Å². The second-order valence-corrected chi connectivity index (χ2v) is 5.56. The zero-order chi connectivity index (χ0) is 13.7. The van der Waals surface area contributed by atoms with Gasteiger partial charge in [0, 0.05) is 29.5 Å². The van der Waals surface area contributed by atoms with E-state index in [1.807, 2.05) is 18.5 Å². The van der Waals surface area contributed by atoms with E-state index in [9.17, 15) is 4.79 Å². The van der Waals surface area contributed by atoms with Crippen LogP contribution in [0, 0.1) is 17.8 Å². The maximum absolute atomic E-state index is 12.1. The van der Waals surface area contributed by atoms with Gasteiger partial charge in [0.2, 0.25) is 5.91 Å². The van der Waals surface area contributed by atoms with Crippen LogP contribution in [0.1, 0.15) is 16.9 Å². The molecule has 1 aliphatic rings. The van der Waals surface area contributed by atoms with Crippen LogP contribution in [0.5, 0.6) is 0 Å². The van der Waals surface area contributed by atoms with Gasteiger partial charge in [0.25, 0.3) is 0 Å². The quantitative estimate of drug-likeness (QED) is 0.841. The Kier molecular flexibility index (Phi) is 4.97. The molecule has 0 aromatic carbocycles. The summed E-state index contributed by atoms with van der Waals surface area (Å²) in [5.74, 6) is 6.02. The lowest BCUT2D eigenvalue weighted by atomic mass is 10.1. The third-order valence-corrected chi connectivity index (χ3v) is 3.96. The molecule has 0 aliphatic carbocycles. The molecule has 1 aromatic rings. The average Bonchev–Trinajstić information content (AvgIpc) is 3.06. The predicted molar refractivity (Wildman–Crippen MR) is 75.7 cm³/mol. The molecule has 1 amide bonds. The van der Waals surface area contributed by atoms with Crippen LogP contribution in [0.2, 0.25) is 0 Å². The van der Waals surface area contributed by atoms with Gasteiger partial charge in [-0.25, -0.2) is 0 Å². The molecular formula is C14H18N2O2S. The van der Waals surface area contributed by atoms with Gasteiger partial charge in [-0.2, -0.15) is 0 Å². The van der Waals surface area contributed by atoms with Gasteiger partial charge in [-0.05, 0) is 12.5 Å². The Labute approximate surface area is 117 Å². The Morgan fingerprint density at radius 3 is 3.21 bits per heavy atom. The fourth-order valence-electron chi connectivity index (χ4n) is 2.03. The van der Waals surface area contributed by atoms with E-state index >= 15 is 0 Å². The molecule has 2 heterocycles. The molecule has 2 rings (SSSR count). The highest BCUT2D eigenvalue weighted by Crippen LogP contribution is 2.19. The number of hydrogen-bond acceptors (Lipinski definition) is 4.